The van der Waals surface area contributed by atoms with Gasteiger partial charge >= 0.3 is 5.97 Å². The Balaban J connectivity index is 0.859. The van der Waals surface area contributed by atoms with Crippen molar-refractivity contribution < 1.29 is 61.8 Å². The number of ether oxygens (including phenoxy) is 6. The van der Waals surface area contributed by atoms with Crippen molar-refractivity contribution in [1.29, 1.82) is 0 Å². The van der Waals surface area contributed by atoms with Crippen molar-refractivity contribution in [3.8, 4) is 11.3 Å². The lowest BCUT2D eigenvalue weighted by molar-refractivity contribution is -0.135. The van der Waals surface area contributed by atoms with Gasteiger partial charge in [0.15, 0.2) is 5.78 Å². The summed E-state index contributed by atoms with van der Waals surface area (Å²) < 4.78 is 53.2. The van der Waals surface area contributed by atoms with Gasteiger partial charge < -0.3 is 53.7 Å². The summed E-state index contributed by atoms with van der Waals surface area (Å²) in [6.45, 7) is 5.58. The largest absolute Gasteiger partial charge is 0.502 e. The van der Waals surface area contributed by atoms with E-state index in [-0.39, 0.29) is 17.3 Å². The molecule has 3 aromatic carbocycles. The van der Waals surface area contributed by atoms with E-state index in [1.54, 1.807) is 31.3 Å². The number of benzene rings is 3. The topological polar surface area (TPSA) is 184 Å². The van der Waals surface area contributed by atoms with Crippen molar-refractivity contribution in [3.63, 3.8) is 0 Å². The lowest BCUT2D eigenvalue weighted by atomic mass is 10.0. The number of fused-ring (bicyclic) bond motifs is 1. The molecule has 1 saturated carbocycles. The number of carbonyl (C=O) groups is 3. The second-order valence-electron chi connectivity index (χ2n) is 13.0. The molecule has 14 nitrogen and oxygen atoms in total. The fraction of sp³-hybridized carbons (Fsp3) is 0.405. The number of aliphatic hydroxyl groups is 1. The number of furan rings is 1. The number of aliphatic hydroxyl groups excluding tert-OH is 1. The third-order valence-electron chi connectivity index (χ3n) is 8.85. The number of amides is 1. The molecule has 306 valence electrons. The van der Waals surface area contributed by atoms with E-state index >= 15 is 0 Å². The quantitative estimate of drug-likeness (QED) is 0.0243. The second kappa shape index (κ2) is 22.5. The Labute approximate surface area is 329 Å². The Morgan fingerprint density at radius 3 is 1.88 bits per heavy atom. The van der Waals surface area contributed by atoms with Gasteiger partial charge in [-0.05, 0) is 60.2 Å². The van der Waals surface area contributed by atoms with Gasteiger partial charge in [0.1, 0.15) is 17.2 Å². The molecule has 0 aliphatic heterocycles. The minimum Gasteiger partial charge on any atom is -0.502 e. The van der Waals surface area contributed by atoms with Crippen molar-refractivity contribution in [2.45, 2.75) is 25.4 Å². The van der Waals surface area contributed by atoms with Gasteiger partial charge in [0.05, 0.1) is 84.8 Å². The van der Waals surface area contributed by atoms with Crippen LogP contribution in [-0.4, -0.2) is 114 Å². The average Bonchev–Trinajstić information content (AvgIpc) is 4.00. The minimum atomic E-state index is -1.57. The van der Waals surface area contributed by atoms with Crippen LogP contribution in [0.3, 0.4) is 0 Å². The molecule has 1 amide bonds. The maximum atomic E-state index is 13.6. The molecule has 0 atom stereocenters. The minimum absolute atomic E-state index is 0.253. The first-order valence-electron chi connectivity index (χ1n) is 18.8. The molecule has 4 aromatic rings. The number of carbonyl (C=O) groups excluding carboxylic acids is 2. The Bertz CT molecular complexity index is 1940. The lowest BCUT2D eigenvalue weighted by Gasteiger charge is -2.13. The normalized spacial score (nSPS) is 12.9. The van der Waals surface area contributed by atoms with Crippen LogP contribution in [-0.2, 0) is 39.8 Å². The molecular formula is C42H49FN2O12. The smallest absolute Gasteiger partial charge is 0.371 e. The second-order valence-corrected chi connectivity index (χ2v) is 13.0. The molecule has 0 saturated heterocycles. The zero-order chi connectivity index (χ0) is 40.4. The average molecular weight is 793 g/mol. The van der Waals surface area contributed by atoms with Crippen molar-refractivity contribution in [2.75, 3.05) is 91.6 Å². The Kier molecular flexibility index (Phi) is 17.0. The van der Waals surface area contributed by atoms with Crippen LogP contribution in [0.15, 0.2) is 76.9 Å². The summed E-state index contributed by atoms with van der Waals surface area (Å²) in [7, 11) is 1.58. The molecule has 1 fully saturated rings. The number of aliphatic carboxylic acids is 1. The summed E-state index contributed by atoms with van der Waals surface area (Å²) in [6.07, 6.45) is 2.83. The highest BCUT2D eigenvalue weighted by molar-refractivity contribution is 6.12. The number of rotatable bonds is 27. The Hall–Kier alpha value is -5.16. The van der Waals surface area contributed by atoms with Gasteiger partial charge in [0, 0.05) is 47.9 Å². The van der Waals surface area contributed by atoms with E-state index in [4.69, 9.17) is 37.9 Å². The van der Waals surface area contributed by atoms with E-state index in [1.165, 1.54) is 24.3 Å². The van der Waals surface area contributed by atoms with Gasteiger partial charge in [-0.15, -0.1) is 0 Å². The molecule has 5 rings (SSSR count). The first-order valence-corrected chi connectivity index (χ1v) is 18.8. The lowest BCUT2D eigenvalue weighted by Crippen LogP contribution is -2.18. The Morgan fingerprint density at radius 1 is 0.772 bits per heavy atom. The molecule has 1 heterocycles. The van der Waals surface area contributed by atoms with Crippen LogP contribution >= 0.6 is 0 Å². The fourth-order valence-corrected chi connectivity index (χ4v) is 5.78. The third kappa shape index (κ3) is 13.5. The highest BCUT2D eigenvalue weighted by atomic mass is 19.1. The van der Waals surface area contributed by atoms with E-state index in [1.807, 2.05) is 12.1 Å². The Morgan fingerprint density at radius 2 is 1.33 bits per heavy atom. The maximum absolute atomic E-state index is 13.6. The zero-order valence-electron chi connectivity index (χ0n) is 31.9. The number of allylic oxidation sites excluding steroid dienone is 1. The molecule has 1 aliphatic carbocycles. The van der Waals surface area contributed by atoms with Crippen LogP contribution in [0.4, 0.5) is 10.1 Å². The predicted octanol–water partition coefficient (Wildman–Crippen LogP) is 5.90. The van der Waals surface area contributed by atoms with Crippen molar-refractivity contribution >= 4 is 34.3 Å². The number of hydrogen-bond donors (Lipinski definition) is 4. The number of hydrogen-bond acceptors (Lipinski definition) is 12. The monoisotopic (exact) mass is 792 g/mol. The van der Waals surface area contributed by atoms with Crippen LogP contribution in [0, 0.1) is 5.82 Å². The van der Waals surface area contributed by atoms with Gasteiger partial charge in [-0.3, -0.25) is 9.59 Å². The standard InChI is InChI=1S/C42H49FN2O12/c1-44-41(48)39-34-24-33(29-6-7-29)35(25-38(34)57-40(39)31-8-10-32(43)11-9-31)45-12-13-51-14-15-52-16-17-53-18-19-54-20-21-55-22-23-56-27-28-2-4-30(5-3-28)36(46)26-37(47)42(49)50/h2-5,8-11,24-26,29,45,47H,6-7,12-23,27H2,1H3,(H,44,48)(H,49,50)/b37-26-. The first-order chi connectivity index (χ1) is 27.7. The SMILES string of the molecule is CNC(=O)c1c(-c2ccc(F)cc2)oc2cc(NCCOCCOCCOCCOCCOCCOCc3ccc(C(=O)/C=C(\O)C(=O)O)cc3)c(C3CC3)cc12. The van der Waals surface area contributed by atoms with Crippen LogP contribution in [0.1, 0.15) is 50.6 Å². The van der Waals surface area contributed by atoms with E-state index in [9.17, 15) is 23.9 Å². The molecule has 57 heavy (non-hydrogen) atoms. The van der Waals surface area contributed by atoms with Crippen LogP contribution < -0.4 is 10.6 Å². The summed E-state index contributed by atoms with van der Waals surface area (Å²) in [6, 6.07) is 16.3. The summed E-state index contributed by atoms with van der Waals surface area (Å²) in [5.74, 6) is -2.99. The molecule has 15 heteroatoms. The van der Waals surface area contributed by atoms with Gasteiger partial charge in [-0.1, -0.05) is 24.3 Å². The van der Waals surface area contributed by atoms with Gasteiger partial charge in [0.2, 0.25) is 5.76 Å². The third-order valence-corrected chi connectivity index (χ3v) is 8.85. The maximum Gasteiger partial charge on any atom is 0.371 e. The van der Waals surface area contributed by atoms with Crippen molar-refractivity contribution in [3.05, 3.63) is 101 Å². The van der Waals surface area contributed by atoms with Crippen LogP contribution in [0.5, 0.6) is 0 Å². The van der Waals surface area contributed by atoms with Gasteiger partial charge in [-0.25, -0.2) is 9.18 Å². The van der Waals surface area contributed by atoms with Crippen LogP contribution in [0.25, 0.3) is 22.3 Å². The van der Waals surface area contributed by atoms with E-state index in [0.717, 1.165) is 35.0 Å². The van der Waals surface area contributed by atoms with Gasteiger partial charge in [-0.2, -0.15) is 0 Å². The van der Waals surface area contributed by atoms with E-state index in [2.05, 4.69) is 10.6 Å². The van der Waals surface area contributed by atoms with E-state index in [0.29, 0.717) is 120 Å². The highest BCUT2D eigenvalue weighted by Crippen LogP contribution is 2.46. The number of anilines is 1. The number of carboxylic acids is 1. The summed E-state index contributed by atoms with van der Waals surface area (Å²) in [4.78, 5) is 35.5. The summed E-state index contributed by atoms with van der Waals surface area (Å²) >= 11 is 0. The van der Waals surface area contributed by atoms with E-state index < -0.39 is 17.5 Å². The first kappa shape index (κ1) is 43.0. The molecule has 4 N–H and O–H groups in total. The number of ketones is 1. The summed E-state index contributed by atoms with van der Waals surface area (Å²) in [5.41, 5.74) is 4.80. The van der Waals surface area contributed by atoms with Crippen molar-refractivity contribution in [2.24, 2.45) is 0 Å². The molecule has 1 aromatic heterocycles. The molecule has 0 radical (unpaired) electrons. The molecule has 0 unspecified atom stereocenters. The summed E-state index contributed by atoms with van der Waals surface area (Å²) in [5, 5.41) is 24.8. The molecular weight excluding hydrogens is 743 g/mol. The van der Waals surface area contributed by atoms with Gasteiger partial charge in [0.25, 0.3) is 5.91 Å². The molecule has 0 spiro atoms. The van der Waals surface area contributed by atoms with Crippen LogP contribution in [0.2, 0.25) is 0 Å². The predicted molar refractivity (Wildman–Crippen MR) is 208 cm³/mol. The molecule has 0 bridgehead atoms. The van der Waals surface area contributed by atoms with Crippen molar-refractivity contribution in [1.82, 2.24) is 5.32 Å². The zero-order valence-corrected chi connectivity index (χ0v) is 31.9. The fourth-order valence-electron chi connectivity index (χ4n) is 5.78. The number of nitrogens with one attached hydrogen (secondary N) is 2. The number of halogens is 1. The highest BCUT2D eigenvalue weighted by Gasteiger charge is 2.29. The molecule has 1 aliphatic rings. The number of carboxylic acid groups (broad SMARTS) is 1.